The lowest BCUT2D eigenvalue weighted by molar-refractivity contribution is -0.149. The number of hydrogen-bond acceptors (Lipinski definition) is 5. The first-order valence-corrected chi connectivity index (χ1v) is 4.82. The summed E-state index contributed by atoms with van der Waals surface area (Å²) in [6, 6.07) is 0. The Hall–Kier alpha value is -1.69. The van der Waals surface area contributed by atoms with Crippen LogP contribution in [0, 0.1) is 0 Å². The lowest BCUT2D eigenvalue weighted by Crippen LogP contribution is -2.16. The monoisotopic (exact) mass is 226 g/mol. The zero-order valence-electron chi connectivity index (χ0n) is 9.43. The fourth-order valence-corrected chi connectivity index (χ4v) is 1.36. The van der Waals surface area contributed by atoms with Crippen LogP contribution < -0.4 is 0 Å². The van der Waals surface area contributed by atoms with Gasteiger partial charge in [-0.05, 0) is 6.92 Å². The Labute approximate surface area is 92.9 Å². The van der Waals surface area contributed by atoms with Gasteiger partial charge in [-0.15, -0.1) is 0 Å². The highest BCUT2D eigenvalue weighted by molar-refractivity contribution is 5.90. The molecule has 1 unspecified atom stereocenters. The number of esters is 1. The molecule has 0 bridgehead atoms. The standard InChI is InChI=1S/C10H14N2O4/c1-6(14)10-11-9(5-13)4-12(10)7(2)16-8(3)15/h4,7,13H,5H2,1-3H3. The van der Waals surface area contributed by atoms with Crippen molar-refractivity contribution in [2.24, 2.45) is 0 Å². The molecule has 0 aromatic carbocycles. The van der Waals surface area contributed by atoms with E-state index in [1.54, 1.807) is 6.92 Å². The van der Waals surface area contributed by atoms with Crippen LogP contribution in [-0.2, 0) is 16.1 Å². The fourth-order valence-electron chi connectivity index (χ4n) is 1.36. The molecule has 0 spiro atoms. The Morgan fingerprint density at radius 2 is 2.19 bits per heavy atom. The average Bonchev–Trinajstić information content (AvgIpc) is 2.60. The van der Waals surface area contributed by atoms with E-state index in [0.29, 0.717) is 5.69 Å². The van der Waals surface area contributed by atoms with Crippen LogP contribution in [-0.4, -0.2) is 26.4 Å². The number of aliphatic hydroxyl groups excluding tert-OH is 1. The quantitative estimate of drug-likeness (QED) is 0.602. The second-order valence-electron chi connectivity index (χ2n) is 3.39. The molecule has 0 saturated carbocycles. The van der Waals surface area contributed by atoms with E-state index < -0.39 is 12.2 Å². The van der Waals surface area contributed by atoms with Crippen molar-refractivity contribution in [3.63, 3.8) is 0 Å². The number of nitrogens with zero attached hydrogens (tertiary/aromatic N) is 2. The number of rotatable bonds is 4. The summed E-state index contributed by atoms with van der Waals surface area (Å²) in [6.07, 6.45) is 0.869. The smallest absolute Gasteiger partial charge is 0.304 e. The fraction of sp³-hybridized carbons (Fsp3) is 0.500. The van der Waals surface area contributed by atoms with Crippen LogP contribution in [0.3, 0.4) is 0 Å². The minimum Gasteiger partial charge on any atom is -0.442 e. The van der Waals surface area contributed by atoms with Gasteiger partial charge in [0.25, 0.3) is 0 Å². The normalized spacial score (nSPS) is 12.2. The minimum absolute atomic E-state index is 0.165. The number of ether oxygens (including phenoxy) is 1. The average molecular weight is 226 g/mol. The van der Waals surface area contributed by atoms with Crippen molar-refractivity contribution in [2.45, 2.75) is 33.6 Å². The van der Waals surface area contributed by atoms with Gasteiger partial charge < -0.3 is 9.84 Å². The van der Waals surface area contributed by atoms with E-state index in [0.717, 1.165) is 0 Å². The predicted octanol–water partition coefficient (Wildman–Crippen LogP) is 0.660. The Bertz CT molecular complexity index is 411. The van der Waals surface area contributed by atoms with E-state index in [1.165, 1.54) is 24.6 Å². The summed E-state index contributed by atoms with van der Waals surface area (Å²) >= 11 is 0. The highest BCUT2D eigenvalue weighted by Crippen LogP contribution is 2.14. The van der Waals surface area contributed by atoms with Crippen LogP contribution in [0.15, 0.2) is 6.20 Å². The van der Waals surface area contributed by atoms with Crippen molar-refractivity contribution in [1.82, 2.24) is 9.55 Å². The molecule has 0 aliphatic rings. The molecule has 1 aromatic rings. The van der Waals surface area contributed by atoms with E-state index in [9.17, 15) is 9.59 Å². The number of imidazole rings is 1. The molecular formula is C10H14N2O4. The van der Waals surface area contributed by atoms with Crippen molar-refractivity contribution >= 4 is 11.8 Å². The first-order chi connectivity index (χ1) is 7.45. The molecule has 1 aromatic heterocycles. The first-order valence-electron chi connectivity index (χ1n) is 4.82. The predicted molar refractivity (Wildman–Crippen MR) is 54.6 cm³/mol. The maximum atomic E-state index is 11.3. The Morgan fingerprint density at radius 1 is 1.56 bits per heavy atom. The summed E-state index contributed by atoms with van der Waals surface area (Å²) in [6.45, 7) is 4.01. The van der Waals surface area contributed by atoms with E-state index >= 15 is 0 Å². The van der Waals surface area contributed by atoms with Crippen molar-refractivity contribution in [1.29, 1.82) is 0 Å². The number of hydrogen-bond donors (Lipinski definition) is 1. The van der Waals surface area contributed by atoms with Crippen molar-refractivity contribution in [3.05, 3.63) is 17.7 Å². The second-order valence-corrected chi connectivity index (χ2v) is 3.39. The molecule has 0 fully saturated rings. The van der Waals surface area contributed by atoms with Crippen molar-refractivity contribution in [2.75, 3.05) is 0 Å². The maximum Gasteiger partial charge on any atom is 0.304 e. The number of Topliss-reactive ketones (excluding diaryl/α,β-unsaturated/α-hetero) is 1. The molecule has 0 saturated heterocycles. The SMILES string of the molecule is CC(=O)OC(C)n1cc(CO)nc1C(C)=O. The molecule has 1 atom stereocenters. The van der Waals surface area contributed by atoms with Crippen LogP contribution in [0.2, 0.25) is 0 Å². The van der Waals surface area contributed by atoms with Gasteiger partial charge in [-0.2, -0.15) is 0 Å². The summed E-state index contributed by atoms with van der Waals surface area (Å²) in [5.41, 5.74) is 0.365. The lowest BCUT2D eigenvalue weighted by Gasteiger charge is -2.14. The van der Waals surface area contributed by atoms with Gasteiger partial charge in [0.2, 0.25) is 0 Å². The molecule has 6 heteroatoms. The summed E-state index contributed by atoms with van der Waals surface area (Å²) < 4.78 is 6.36. The zero-order valence-corrected chi connectivity index (χ0v) is 9.43. The first kappa shape index (κ1) is 12.4. The maximum absolute atomic E-state index is 11.3. The van der Waals surface area contributed by atoms with Crippen LogP contribution in [0.25, 0.3) is 0 Å². The van der Waals surface area contributed by atoms with Crippen LogP contribution >= 0.6 is 0 Å². The van der Waals surface area contributed by atoms with Gasteiger partial charge >= 0.3 is 5.97 Å². The summed E-state index contributed by atoms with van der Waals surface area (Å²) in [4.78, 5) is 26.0. The van der Waals surface area contributed by atoms with Gasteiger partial charge in [0.05, 0.1) is 12.3 Å². The lowest BCUT2D eigenvalue weighted by atomic mass is 10.4. The second kappa shape index (κ2) is 4.89. The molecule has 1 heterocycles. The van der Waals surface area contributed by atoms with Gasteiger partial charge in [0, 0.05) is 20.0 Å². The van der Waals surface area contributed by atoms with E-state index in [-0.39, 0.29) is 18.2 Å². The number of aliphatic hydroxyl groups is 1. The third kappa shape index (κ3) is 2.66. The van der Waals surface area contributed by atoms with Crippen LogP contribution in [0.1, 0.15) is 43.3 Å². The summed E-state index contributed by atoms with van der Waals surface area (Å²) in [5.74, 6) is -0.530. The zero-order chi connectivity index (χ0) is 12.3. The molecular weight excluding hydrogens is 212 g/mol. The van der Waals surface area contributed by atoms with Gasteiger partial charge in [-0.25, -0.2) is 4.98 Å². The number of ketones is 1. The molecule has 0 aliphatic heterocycles. The summed E-state index contributed by atoms with van der Waals surface area (Å²) in [7, 11) is 0. The third-order valence-electron chi connectivity index (χ3n) is 1.99. The van der Waals surface area contributed by atoms with Gasteiger partial charge in [0.15, 0.2) is 17.8 Å². The van der Waals surface area contributed by atoms with E-state index in [2.05, 4.69) is 4.98 Å². The topological polar surface area (TPSA) is 81.4 Å². The van der Waals surface area contributed by atoms with Crippen LogP contribution in [0.4, 0.5) is 0 Å². The largest absolute Gasteiger partial charge is 0.442 e. The van der Waals surface area contributed by atoms with Crippen molar-refractivity contribution in [3.8, 4) is 0 Å². The van der Waals surface area contributed by atoms with Crippen LogP contribution in [0.5, 0.6) is 0 Å². The van der Waals surface area contributed by atoms with E-state index in [1.807, 2.05) is 0 Å². The number of carbonyl (C=O) groups excluding carboxylic acids is 2. The molecule has 1 rings (SSSR count). The molecule has 1 N–H and O–H groups in total. The molecule has 0 amide bonds. The molecule has 16 heavy (non-hydrogen) atoms. The van der Waals surface area contributed by atoms with Gasteiger partial charge in [0.1, 0.15) is 0 Å². The third-order valence-corrected chi connectivity index (χ3v) is 1.99. The number of aromatic nitrogens is 2. The van der Waals surface area contributed by atoms with E-state index in [4.69, 9.17) is 9.84 Å². The van der Waals surface area contributed by atoms with Gasteiger partial charge in [-0.3, -0.25) is 14.2 Å². The molecule has 88 valence electrons. The minimum atomic E-state index is -0.621. The van der Waals surface area contributed by atoms with Crippen molar-refractivity contribution < 1.29 is 19.4 Å². The highest BCUT2D eigenvalue weighted by atomic mass is 16.6. The molecule has 6 nitrogen and oxygen atoms in total. The molecule has 0 aliphatic carbocycles. The van der Waals surface area contributed by atoms with Gasteiger partial charge in [-0.1, -0.05) is 0 Å². The Balaban J connectivity index is 3.05. The summed E-state index contributed by atoms with van der Waals surface area (Å²) in [5, 5.41) is 8.93. The highest BCUT2D eigenvalue weighted by Gasteiger charge is 2.17. The Kier molecular flexibility index (Phi) is 3.78. The number of carbonyl (C=O) groups is 2. The molecule has 0 radical (unpaired) electrons. The Morgan fingerprint density at radius 3 is 2.62 bits per heavy atom.